The number of carbonyl (C=O) groups is 1. The molecule has 0 aliphatic carbocycles. The fourth-order valence-electron chi connectivity index (χ4n) is 3.52. The van der Waals surface area contributed by atoms with Crippen molar-refractivity contribution in [2.45, 2.75) is 52.1 Å². The molecule has 25 heavy (non-hydrogen) atoms. The first-order valence-electron chi connectivity index (χ1n) is 8.47. The molecule has 0 unspecified atom stereocenters. The van der Waals surface area contributed by atoms with Gasteiger partial charge in [0.1, 0.15) is 10.5 Å². The summed E-state index contributed by atoms with van der Waals surface area (Å²) in [5, 5.41) is 9.83. The first-order chi connectivity index (χ1) is 11.6. The van der Waals surface area contributed by atoms with E-state index >= 15 is 0 Å². The maximum atomic E-state index is 12.7. The van der Waals surface area contributed by atoms with Gasteiger partial charge >= 0.3 is 5.97 Å². The largest absolute Gasteiger partial charge is 0.462 e. The van der Waals surface area contributed by atoms with Crippen LogP contribution in [0.4, 0.5) is 5.00 Å². The first-order valence-corrected chi connectivity index (χ1v) is 9.70. The Kier molecular flexibility index (Phi) is 5.91. The van der Waals surface area contributed by atoms with Gasteiger partial charge in [0.25, 0.3) is 0 Å². The van der Waals surface area contributed by atoms with E-state index in [1.807, 2.05) is 6.92 Å². The van der Waals surface area contributed by atoms with Crippen molar-refractivity contribution in [3.8, 4) is 0 Å². The van der Waals surface area contributed by atoms with E-state index in [-0.39, 0.29) is 17.0 Å². The molecule has 2 rings (SSSR count). The Morgan fingerprint density at radius 2 is 2.12 bits per heavy atom. The van der Waals surface area contributed by atoms with Crippen LogP contribution in [0.25, 0.3) is 0 Å². The second-order valence-corrected chi connectivity index (χ2v) is 8.92. The summed E-state index contributed by atoms with van der Waals surface area (Å²) in [6.45, 7) is 15.2. The highest BCUT2D eigenvalue weighted by atomic mass is 32.1. The van der Waals surface area contributed by atoms with Crippen molar-refractivity contribution in [1.29, 1.82) is 0 Å². The summed E-state index contributed by atoms with van der Waals surface area (Å²) in [5.74, 6) is -0.289. The lowest BCUT2D eigenvalue weighted by Crippen LogP contribution is -3.03. The molecule has 0 aromatic carbocycles. The number of nitrogens with two attached hydrogens (primary N) is 1. The molecule has 1 aromatic heterocycles. The van der Waals surface area contributed by atoms with Crippen molar-refractivity contribution < 1.29 is 14.8 Å². The topological polar surface area (TPSA) is 67.0 Å². The van der Waals surface area contributed by atoms with E-state index in [9.17, 15) is 4.79 Å². The van der Waals surface area contributed by atoms with Gasteiger partial charge in [0.15, 0.2) is 5.11 Å². The number of quaternary nitrogens is 1. The maximum Gasteiger partial charge on any atom is 0.341 e. The molecular formula is C18H28N3O2S2+. The van der Waals surface area contributed by atoms with Crippen LogP contribution in [-0.4, -0.2) is 29.8 Å². The molecule has 5 nitrogen and oxygen atoms in total. The highest BCUT2D eigenvalue weighted by Gasteiger charge is 2.45. The number of nitrogens with one attached hydrogen (secondary N) is 2. The number of anilines is 1. The number of esters is 1. The number of ether oxygens (including phenoxy) is 1. The smallest absolute Gasteiger partial charge is 0.341 e. The van der Waals surface area contributed by atoms with Gasteiger partial charge in [0.05, 0.1) is 22.6 Å². The number of hydrogen-bond acceptors (Lipinski definition) is 4. The molecule has 0 saturated carbocycles. The zero-order valence-electron chi connectivity index (χ0n) is 15.6. The molecule has 1 aliphatic rings. The first kappa shape index (κ1) is 19.9. The molecular weight excluding hydrogens is 354 g/mol. The molecule has 0 amide bonds. The minimum absolute atomic E-state index is 0.0116. The average molecular weight is 383 g/mol. The molecule has 0 spiro atoms. The maximum absolute atomic E-state index is 12.7. The van der Waals surface area contributed by atoms with Crippen LogP contribution in [0.3, 0.4) is 0 Å². The third kappa shape index (κ3) is 4.40. The molecule has 7 heteroatoms. The molecule has 0 radical (unpaired) electrons. The average Bonchev–Trinajstić information content (AvgIpc) is 2.82. The van der Waals surface area contributed by atoms with E-state index in [4.69, 9.17) is 17.0 Å². The third-order valence-corrected chi connectivity index (χ3v) is 5.82. The van der Waals surface area contributed by atoms with E-state index in [1.54, 1.807) is 17.4 Å². The molecule has 4 N–H and O–H groups in total. The molecule has 138 valence electrons. The number of thiophene rings is 1. The Morgan fingerprint density at radius 1 is 1.44 bits per heavy atom. The summed E-state index contributed by atoms with van der Waals surface area (Å²) in [6, 6.07) is 0. The van der Waals surface area contributed by atoms with Gasteiger partial charge in [-0.3, -0.25) is 0 Å². The van der Waals surface area contributed by atoms with Gasteiger partial charge < -0.3 is 20.7 Å². The van der Waals surface area contributed by atoms with Gasteiger partial charge in [-0.2, -0.15) is 0 Å². The van der Waals surface area contributed by atoms with Gasteiger partial charge in [-0.25, -0.2) is 4.79 Å². The Bertz CT molecular complexity index is 693. The molecule has 0 bridgehead atoms. The lowest BCUT2D eigenvalue weighted by atomic mass is 9.81. The molecule has 0 atom stereocenters. The lowest BCUT2D eigenvalue weighted by Gasteiger charge is -2.38. The van der Waals surface area contributed by atoms with E-state index < -0.39 is 0 Å². The molecule has 0 saturated heterocycles. The Balaban J connectivity index is 2.49. The van der Waals surface area contributed by atoms with Crippen LogP contribution in [0.15, 0.2) is 12.7 Å². The van der Waals surface area contributed by atoms with Crippen LogP contribution in [-0.2, 0) is 16.7 Å². The summed E-state index contributed by atoms with van der Waals surface area (Å²) < 4.78 is 5.33. The lowest BCUT2D eigenvalue weighted by molar-refractivity contribution is -0.789. The number of thiocarbonyl (C=S) groups is 1. The number of fused-ring (bicyclic) bond motifs is 1. The summed E-state index contributed by atoms with van der Waals surface area (Å²) >= 11 is 6.92. The van der Waals surface area contributed by atoms with Crippen LogP contribution in [0, 0.1) is 0 Å². The van der Waals surface area contributed by atoms with Gasteiger partial charge in [-0.1, -0.05) is 6.08 Å². The monoisotopic (exact) mass is 382 g/mol. The van der Waals surface area contributed by atoms with Crippen LogP contribution in [0.5, 0.6) is 0 Å². The van der Waals surface area contributed by atoms with E-state index in [0.29, 0.717) is 23.8 Å². The summed E-state index contributed by atoms with van der Waals surface area (Å²) in [6.07, 6.45) is 2.55. The number of carbonyl (C=O) groups excluding carboxylic acids is 1. The second-order valence-electron chi connectivity index (χ2n) is 7.49. The predicted molar refractivity (Wildman–Crippen MR) is 107 cm³/mol. The Morgan fingerprint density at radius 3 is 2.72 bits per heavy atom. The highest BCUT2D eigenvalue weighted by Crippen LogP contribution is 2.42. The highest BCUT2D eigenvalue weighted by molar-refractivity contribution is 7.80. The normalized spacial score (nSPS) is 17.3. The number of rotatable bonds is 5. The SMILES string of the molecule is C=CCNC(=S)Nc1sc2c(c1C(=O)OCC)CC(C)(C)[NH2+]C2(C)C. The summed E-state index contributed by atoms with van der Waals surface area (Å²) in [4.78, 5) is 13.9. The quantitative estimate of drug-likeness (QED) is 0.415. The van der Waals surface area contributed by atoms with Crippen molar-refractivity contribution in [1.82, 2.24) is 5.32 Å². The standard InChI is InChI=1S/C18H27N3O2S2/c1-7-9-19-16(24)20-14-12(15(22)23-8-2)11-10-17(3,4)21-18(5,6)13(11)25-14/h7,21H,1,8-10H2,2-6H3,(H2,19,20,24)/p+1. The van der Waals surface area contributed by atoms with Gasteiger partial charge in [0, 0.05) is 13.0 Å². The molecule has 1 aromatic rings. The Hall–Kier alpha value is -1.44. The van der Waals surface area contributed by atoms with Crippen molar-refractivity contribution in [2.24, 2.45) is 0 Å². The van der Waals surface area contributed by atoms with Crippen molar-refractivity contribution in [3.05, 3.63) is 28.7 Å². The van der Waals surface area contributed by atoms with Crippen LogP contribution < -0.4 is 16.0 Å². The van der Waals surface area contributed by atoms with Gasteiger partial charge in [0.2, 0.25) is 0 Å². The minimum Gasteiger partial charge on any atom is -0.462 e. The summed E-state index contributed by atoms with van der Waals surface area (Å²) in [7, 11) is 0. The van der Waals surface area contributed by atoms with E-state index in [2.05, 4.69) is 50.2 Å². The van der Waals surface area contributed by atoms with Crippen molar-refractivity contribution in [3.63, 3.8) is 0 Å². The molecule has 0 fully saturated rings. The zero-order chi connectivity index (χ0) is 18.8. The van der Waals surface area contributed by atoms with Crippen LogP contribution in [0.1, 0.15) is 55.4 Å². The Labute approximate surface area is 159 Å². The number of hydrogen-bond donors (Lipinski definition) is 3. The molecule has 1 aliphatic heterocycles. The van der Waals surface area contributed by atoms with E-state index in [1.165, 1.54) is 4.88 Å². The van der Waals surface area contributed by atoms with Crippen molar-refractivity contribution in [2.75, 3.05) is 18.5 Å². The fourth-order valence-corrected chi connectivity index (χ4v) is 5.06. The predicted octanol–water partition coefficient (Wildman–Crippen LogP) is 2.53. The zero-order valence-corrected chi connectivity index (χ0v) is 17.2. The van der Waals surface area contributed by atoms with Gasteiger partial charge in [-0.15, -0.1) is 17.9 Å². The minimum atomic E-state index is -0.289. The third-order valence-electron chi connectivity index (χ3n) is 4.09. The second kappa shape index (κ2) is 7.43. The van der Waals surface area contributed by atoms with Crippen LogP contribution >= 0.6 is 23.6 Å². The molecule has 2 heterocycles. The van der Waals surface area contributed by atoms with Crippen molar-refractivity contribution >= 4 is 39.6 Å². The van der Waals surface area contributed by atoms with E-state index in [0.717, 1.165) is 17.0 Å². The fraction of sp³-hybridized carbons (Fsp3) is 0.556. The van der Waals surface area contributed by atoms with Gasteiger partial charge in [-0.05, 0) is 52.4 Å². The summed E-state index contributed by atoms with van der Waals surface area (Å²) in [5.41, 5.74) is 1.60. The van der Waals surface area contributed by atoms with Crippen LogP contribution in [0.2, 0.25) is 0 Å².